The van der Waals surface area contributed by atoms with Crippen molar-refractivity contribution in [3.05, 3.63) is 77.9 Å². The topological polar surface area (TPSA) is 55.8 Å². The predicted octanol–water partition coefficient (Wildman–Crippen LogP) is 4.03. The van der Waals surface area contributed by atoms with Crippen LogP contribution < -0.4 is 4.74 Å². The fourth-order valence-electron chi connectivity index (χ4n) is 2.34. The summed E-state index contributed by atoms with van der Waals surface area (Å²) in [6, 6.07) is 17.1. The van der Waals surface area contributed by atoms with E-state index in [1.807, 2.05) is 42.5 Å². The third-order valence-corrected chi connectivity index (χ3v) is 3.68. The molecule has 0 amide bonds. The number of ether oxygens (including phenoxy) is 2. The molecule has 0 heterocycles. The molecule has 0 radical (unpaired) electrons. The van der Waals surface area contributed by atoms with Crippen molar-refractivity contribution in [3.63, 3.8) is 0 Å². The SMILES string of the molecule is COc1ccc(C(CC=CCOCc2ccccc2)C(=O)O)cc1. The zero-order valence-electron chi connectivity index (χ0n) is 13.7. The monoisotopic (exact) mass is 326 g/mol. The number of carbonyl (C=O) groups is 1. The number of hydrogen-bond donors (Lipinski definition) is 1. The minimum Gasteiger partial charge on any atom is -0.497 e. The molecule has 0 fully saturated rings. The van der Waals surface area contributed by atoms with Gasteiger partial charge in [0.25, 0.3) is 0 Å². The Morgan fingerprint density at radius 2 is 1.79 bits per heavy atom. The van der Waals surface area contributed by atoms with Crippen LogP contribution in [0.15, 0.2) is 66.7 Å². The molecular weight excluding hydrogens is 304 g/mol. The second-order valence-corrected chi connectivity index (χ2v) is 5.37. The maximum absolute atomic E-state index is 11.5. The maximum atomic E-state index is 11.5. The molecule has 0 bridgehead atoms. The molecule has 1 N–H and O–H groups in total. The predicted molar refractivity (Wildman–Crippen MR) is 93.2 cm³/mol. The molecule has 0 spiro atoms. The van der Waals surface area contributed by atoms with Crippen LogP contribution in [0.5, 0.6) is 5.75 Å². The summed E-state index contributed by atoms with van der Waals surface area (Å²) in [5.74, 6) is -0.691. The lowest BCUT2D eigenvalue weighted by molar-refractivity contribution is -0.138. The molecule has 126 valence electrons. The van der Waals surface area contributed by atoms with Gasteiger partial charge in [-0.2, -0.15) is 0 Å². The molecule has 0 saturated heterocycles. The van der Waals surface area contributed by atoms with Crippen molar-refractivity contribution >= 4 is 5.97 Å². The average molecular weight is 326 g/mol. The summed E-state index contributed by atoms with van der Waals surface area (Å²) in [5, 5.41) is 9.41. The van der Waals surface area contributed by atoms with Crippen LogP contribution in [0.2, 0.25) is 0 Å². The zero-order valence-corrected chi connectivity index (χ0v) is 13.7. The maximum Gasteiger partial charge on any atom is 0.311 e. The van der Waals surface area contributed by atoms with E-state index in [9.17, 15) is 9.90 Å². The highest BCUT2D eigenvalue weighted by Crippen LogP contribution is 2.23. The summed E-state index contributed by atoms with van der Waals surface area (Å²) in [7, 11) is 1.59. The van der Waals surface area contributed by atoms with Crippen LogP contribution in [0.4, 0.5) is 0 Å². The van der Waals surface area contributed by atoms with Crippen molar-refractivity contribution in [2.45, 2.75) is 18.9 Å². The zero-order chi connectivity index (χ0) is 17.2. The highest BCUT2D eigenvalue weighted by Gasteiger charge is 2.18. The smallest absolute Gasteiger partial charge is 0.311 e. The molecule has 0 aromatic heterocycles. The van der Waals surface area contributed by atoms with Gasteiger partial charge in [0.1, 0.15) is 5.75 Å². The molecule has 4 heteroatoms. The van der Waals surface area contributed by atoms with E-state index in [-0.39, 0.29) is 0 Å². The summed E-state index contributed by atoms with van der Waals surface area (Å²) in [5.41, 5.74) is 1.88. The van der Waals surface area contributed by atoms with Gasteiger partial charge in [0.15, 0.2) is 0 Å². The molecule has 0 saturated carbocycles. The number of carboxylic acid groups (broad SMARTS) is 1. The molecule has 1 unspecified atom stereocenters. The quantitative estimate of drug-likeness (QED) is 0.558. The Morgan fingerprint density at radius 1 is 1.08 bits per heavy atom. The van der Waals surface area contributed by atoms with Crippen LogP contribution >= 0.6 is 0 Å². The van der Waals surface area contributed by atoms with Crippen molar-refractivity contribution < 1.29 is 19.4 Å². The van der Waals surface area contributed by atoms with E-state index in [4.69, 9.17) is 9.47 Å². The van der Waals surface area contributed by atoms with Crippen molar-refractivity contribution in [2.24, 2.45) is 0 Å². The molecule has 4 nitrogen and oxygen atoms in total. The number of carboxylic acids is 1. The normalized spacial score (nSPS) is 12.2. The van der Waals surface area contributed by atoms with Gasteiger partial charge in [-0.25, -0.2) is 0 Å². The van der Waals surface area contributed by atoms with Crippen molar-refractivity contribution in [1.29, 1.82) is 0 Å². The molecule has 0 aliphatic heterocycles. The molecular formula is C20H22O4. The van der Waals surface area contributed by atoms with Crippen LogP contribution in [0.1, 0.15) is 23.5 Å². The van der Waals surface area contributed by atoms with Crippen molar-refractivity contribution in [3.8, 4) is 5.75 Å². The number of hydrogen-bond acceptors (Lipinski definition) is 3. The third-order valence-electron chi connectivity index (χ3n) is 3.68. The van der Waals surface area contributed by atoms with Crippen LogP contribution in [-0.2, 0) is 16.1 Å². The summed E-state index contributed by atoms with van der Waals surface area (Å²) >= 11 is 0. The van der Waals surface area contributed by atoms with Gasteiger partial charge in [-0.05, 0) is 29.7 Å². The highest BCUT2D eigenvalue weighted by atomic mass is 16.5. The Hall–Kier alpha value is -2.59. The number of rotatable bonds is 9. The van der Waals surface area contributed by atoms with E-state index in [0.29, 0.717) is 25.4 Å². The second-order valence-electron chi connectivity index (χ2n) is 5.37. The largest absolute Gasteiger partial charge is 0.497 e. The average Bonchev–Trinajstić information content (AvgIpc) is 2.62. The van der Waals surface area contributed by atoms with Crippen LogP contribution in [0.3, 0.4) is 0 Å². The first-order valence-electron chi connectivity index (χ1n) is 7.84. The summed E-state index contributed by atoms with van der Waals surface area (Å²) in [6.45, 7) is 1.01. The Morgan fingerprint density at radius 3 is 2.42 bits per heavy atom. The van der Waals surface area contributed by atoms with Crippen molar-refractivity contribution in [2.75, 3.05) is 13.7 Å². The standard InChI is InChI=1S/C20H22O4/c1-23-18-12-10-17(11-13-18)19(20(21)22)9-5-6-14-24-15-16-7-3-2-4-8-16/h2-8,10-13,19H,9,14-15H2,1H3,(H,21,22). The molecule has 2 aromatic rings. The summed E-state index contributed by atoms with van der Waals surface area (Å²) in [4.78, 5) is 11.5. The molecule has 2 aromatic carbocycles. The highest BCUT2D eigenvalue weighted by molar-refractivity contribution is 5.76. The first-order chi connectivity index (χ1) is 11.7. The molecule has 1 atom stereocenters. The Labute approximate surface area is 142 Å². The van der Waals surface area contributed by atoms with E-state index in [1.165, 1.54) is 0 Å². The third kappa shape index (κ3) is 5.56. The number of methoxy groups -OCH3 is 1. The van der Waals surface area contributed by atoms with Crippen molar-refractivity contribution in [1.82, 2.24) is 0 Å². The van der Waals surface area contributed by atoms with Gasteiger partial charge >= 0.3 is 5.97 Å². The van der Waals surface area contributed by atoms with Gasteiger partial charge in [0.05, 0.1) is 26.2 Å². The van der Waals surface area contributed by atoms with Gasteiger partial charge < -0.3 is 14.6 Å². The Balaban J connectivity index is 1.81. The lowest BCUT2D eigenvalue weighted by Gasteiger charge is -2.11. The number of aliphatic carboxylic acids is 1. The second kappa shape index (κ2) is 9.53. The Bertz CT molecular complexity index is 647. The van der Waals surface area contributed by atoms with Crippen LogP contribution in [0.25, 0.3) is 0 Å². The minimum atomic E-state index is -0.838. The summed E-state index contributed by atoms with van der Waals surface area (Å²) in [6.07, 6.45) is 4.15. The number of benzene rings is 2. The molecule has 24 heavy (non-hydrogen) atoms. The van der Waals surface area contributed by atoms with Gasteiger partial charge in [0, 0.05) is 0 Å². The van der Waals surface area contributed by atoms with Gasteiger partial charge in [-0.3, -0.25) is 4.79 Å². The first-order valence-corrected chi connectivity index (χ1v) is 7.84. The molecule has 0 aliphatic rings. The van der Waals surface area contributed by atoms with E-state index in [2.05, 4.69) is 0 Å². The van der Waals surface area contributed by atoms with Gasteiger partial charge in [0.2, 0.25) is 0 Å². The van der Waals surface area contributed by atoms with E-state index >= 15 is 0 Å². The summed E-state index contributed by atoms with van der Waals surface area (Å²) < 4.78 is 10.6. The van der Waals surface area contributed by atoms with Crippen LogP contribution in [0, 0.1) is 0 Å². The fourth-order valence-corrected chi connectivity index (χ4v) is 2.34. The molecule has 2 rings (SSSR count). The lowest BCUT2D eigenvalue weighted by atomic mass is 9.95. The Kier molecular flexibility index (Phi) is 7.05. The van der Waals surface area contributed by atoms with E-state index < -0.39 is 11.9 Å². The number of allylic oxidation sites excluding steroid dienone is 1. The lowest BCUT2D eigenvalue weighted by Crippen LogP contribution is -2.10. The fraction of sp³-hybridized carbons (Fsp3) is 0.250. The van der Waals surface area contributed by atoms with Gasteiger partial charge in [-0.1, -0.05) is 54.6 Å². The van der Waals surface area contributed by atoms with E-state index in [0.717, 1.165) is 11.1 Å². The minimum absolute atomic E-state index is 0.427. The van der Waals surface area contributed by atoms with Crippen LogP contribution in [-0.4, -0.2) is 24.8 Å². The van der Waals surface area contributed by atoms with Gasteiger partial charge in [-0.15, -0.1) is 0 Å². The first kappa shape index (κ1) is 17.8. The molecule has 0 aliphatic carbocycles. The van der Waals surface area contributed by atoms with E-state index in [1.54, 1.807) is 31.4 Å².